The summed E-state index contributed by atoms with van der Waals surface area (Å²) in [5.41, 5.74) is -0.297. The molecule has 194 valence electrons. The van der Waals surface area contributed by atoms with Crippen molar-refractivity contribution in [3.05, 3.63) is 70.4 Å². The molecule has 3 aromatic rings. The molecule has 2 aromatic carbocycles. The smallest absolute Gasteiger partial charge is 0.416 e. The predicted octanol–water partition coefficient (Wildman–Crippen LogP) is 6.36. The molecular formula is C26H29ClF3N3O3. The highest BCUT2D eigenvalue weighted by molar-refractivity contribution is 6.32. The van der Waals surface area contributed by atoms with Crippen LogP contribution in [0.3, 0.4) is 0 Å². The van der Waals surface area contributed by atoms with Crippen molar-refractivity contribution in [2.45, 2.75) is 58.0 Å². The molecule has 36 heavy (non-hydrogen) atoms. The molecule has 0 aliphatic carbocycles. The van der Waals surface area contributed by atoms with Crippen molar-refractivity contribution in [1.82, 2.24) is 15.1 Å². The standard InChI is InChI=1S/C26H29ClF3N3O3/c1-6-13-33-22(15-20(32-33)16-7-9-17(10-8-16)26(28,29)30)25(4,31-5)18-11-12-21(19(27)14-18)36-24(2,3)23(34)35/h7-12,14-15,31H,6,13H2,1-5H3,(H,34,35). The third-order valence-electron chi connectivity index (χ3n) is 6.13. The number of nitrogens with one attached hydrogen (secondary N) is 1. The summed E-state index contributed by atoms with van der Waals surface area (Å²) in [6, 6.07) is 11.9. The third kappa shape index (κ3) is 5.52. The zero-order valence-corrected chi connectivity index (χ0v) is 21.5. The summed E-state index contributed by atoms with van der Waals surface area (Å²) in [5.74, 6) is -0.888. The molecule has 0 fully saturated rings. The number of ether oxygens (including phenoxy) is 1. The van der Waals surface area contributed by atoms with Gasteiger partial charge in [-0.1, -0.05) is 36.7 Å². The minimum absolute atomic E-state index is 0.235. The van der Waals surface area contributed by atoms with Crippen molar-refractivity contribution in [2.75, 3.05) is 7.05 Å². The van der Waals surface area contributed by atoms with Crippen LogP contribution in [-0.2, 0) is 23.1 Å². The van der Waals surface area contributed by atoms with E-state index in [1.807, 2.05) is 24.6 Å². The molecule has 10 heteroatoms. The molecule has 0 bridgehead atoms. The molecule has 1 heterocycles. The number of alkyl halides is 3. The Morgan fingerprint density at radius 1 is 1.08 bits per heavy atom. The van der Waals surface area contributed by atoms with E-state index in [0.717, 1.165) is 29.8 Å². The fourth-order valence-electron chi connectivity index (χ4n) is 3.81. The van der Waals surface area contributed by atoms with Crippen LogP contribution in [0.4, 0.5) is 13.2 Å². The van der Waals surface area contributed by atoms with Gasteiger partial charge in [-0.3, -0.25) is 4.68 Å². The normalized spacial score (nSPS) is 13.9. The molecule has 2 N–H and O–H groups in total. The number of rotatable bonds is 9. The summed E-state index contributed by atoms with van der Waals surface area (Å²) in [4.78, 5) is 11.4. The summed E-state index contributed by atoms with van der Waals surface area (Å²) < 4.78 is 46.4. The second-order valence-corrected chi connectivity index (χ2v) is 9.56. The van der Waals surface area contributed by atoms with Crippen molar-refractivity contribution in [1.29, 1.82) is 0 Å². The van der Waals surface area contributed by atoms with Crippen LogP contribution in [0.15, 0.2) is 48.5 Å². The van der Waals surface area contributed by atoms with Gasteiger partial charge < -0.3 is 15.2 Å². The Balaban J connectivity index is 2.04. The lowest BCUT2D eigenvalue weighted by Gasteiger charge is -2.31. The first-order chi connectivity index (χ1) is 16.7. The van der Waals surface area contributed by atoms with Gasteiger partial charge in [0.05, 0.1) is 27.5 Å². The van der Waals surface area contributed by atoms with Crippen molar-refractivity contribution >= 4 is 17.6 Å². The number of carbonyl (C=O) groups is 1. The maximum atomic E-state index is 13.0. The van der Waals surface area contributed by atoms with Gasteiger partial charge in [0.2, 0.25) is 0 Å². The van der Waals surface area contributed by atoms with Gasteiger partial charge in [0.25, 0.3) is 0 Å². The Bertz CT molecular complexity index is 1240. The van der Waals surface area contributed by atoms with E-state index in [-0.39, 0.29) is 10.8 Å². The average Bonchev–Trinajstić information content (AvgIpc) is 3.24. The Morgan fingerprint density at radius 3 is 2.19 bits per heavy atom. The van der Waals surface area contributed by atoms with E-state index in [9.17, 15) is 23.1 Å². The topological polar surface area (TPSA) is 76.4 Å². The van der Waals surface area contributed by atoms with Crippen LogP contribution < -0.4 is 10.1 Å². The Morgan fingerprint density at radius 2 is 1.69 bits per heavy atom. The molecule has 0 spiro atoms. The summed E-state index contributed by atoms with van der Waals surface area (Å²) in [7, 11) is 1.78. The van der Waals surface area contributed by atoms with Crippen molar-refractivity contribution in [3.63, 3.8) is 0 Å². The molecule has 0 amide bonds. The Labute approximate surface area is 213 Å². The number of carboxylic acids is 1. The lowest BCUT2D eigenvalue weighted by Crippen LogP contribution is -2.40. The molecule has 1 unspecified atom stereocenters. The third-order valence-corrected chi connectivity index (χ3v) is 6.42. The SMILES string of the molecule is CCCn1nc(-c2ccc(C(F)(F)F)cc2)cc1C(C)(NC)c1ccc(OC(C)(C)C(=O)O)c(Cl)c1. The van der Waals surface area contributed by atoms with E-state index < -0.39 is 28.8 Å². The number of hydrogen-bond donors (Lipinski definition) is 2. The van der Waals surface area contributed by atoms with Crippen LogP contribution >= 0.6 is 11.6 Å². The number of carboxylic acid groups (broad SMARTS) is 1. The molecule has 0 saturated heterocycles. The van der Waals surface area contributed by atoms with Gasteiger partial charge >= 0.3 is 12.1 Å². The zero-order chi connectivity index (χ0) is 26.9. The molecule has 0 saturated carbocycles. The number of aryl methyl sites for hydroxylation is 1. The van der Waals surface area contributed by atoms with E-state index in [1.54, 1.807) is 25.2 Å². The Kier molecular flexibility index (Phi) is 7.76. The summed E-state index contributed by atoms with van der Waals surface area (Å²) in [5, 5.41) is 17.6. The minimum Gasteiger partial charge on any atom is -0.478 e. The molecular weight excluding hydrogens is 495 g/mol. The van der Waals surface area contributed by atoms with E-state index in [0.29, 0.717) is 17.8 Å². The monoisotopic (exact) mass is 523 g/mol. The van der Waals surface area contributed by atoms with Crippen LogP contribution in [0.5, 0.6) is 5.75 Å². The van der Waals surface area contributed by atoms with Gasteiger partial charge in [0.1, 0.15) is 5.75 Å². The summed E-state index contributed by atoms with van der Waals surface area (Å²) >= 11 is 6.48. The maximum absolute atomic E-state index is 13.0. The van der Waals surface area contributed by atoms with Crippen molar-refractivity contribution < 1.29 is 27.8 Å². The maximum Gasteiger partial charge on any atom is 0.416 e. The number of halogens is 4. The minimum atomic E-state index is -4.41. The fourth-order valence-corrected chi connectivity index (χ4v) is 4.03. The van der Waals surface area contributed by atoms with Crippen LogP contribution in [-0.4, -0.2) is 33.5 Å². The first-order valence-corrected chi connectivity index (χ1v) is 11.8. The fraction of sp³-hybridized carbons (Fsp3) is 0.385. The van der Waals surface area contributed by atoms with Gasteiger partial charge in [-0.2, -0.15) is 18.3 Å². The highest BCUT2D eigenvalue weighted by atomic mass is 35.5. The lowest BCUT2D eigenvalue weighted by molar-refractivity contribution is -0.152. The number of hydrogen-bond acceptors (Lipinski definition) is 4. The average molecular weight is 524 g/mol. The molecule has 0 aliphatic heterocycles. The van der Waals surface area contributed by atoms with Gasteiger partial charge in [-0.25, -0.2) is 4.79 Å². The van der Waals surface area contributed by atoms with Gasteiger partial charge in [0, 0.05) is 12.1 Å². The number of aliphatic carboxylic acids is 1. The first kappa shape index (κ1) is 27.5. The molecule has 3 rings (SSSR count). The second kappa shape index (κ2) is 10.1. The molecule has 6 nitrogen and oxygen atoms in total. The first-order valence-electron chi connectivity index (χ1n) is 11.4. The Hall–Kier alpha value is -3.04. The van der Waals surface area contributed by atoms with E-state index in [2.05, 4.69) is 10.4 Å². The van der Waals surface area contributed by atoms with Crippen LogP contribution in [0.1, 0.15) is 50.9 Å². The van der Waals surface area contributed by atoms with Crippen molar-refractivity contribution in [2.24, 2.45) is 0 Å². The molecule has 0 radical (unpaired) electrons. The van der Waals surface area contributed by atoms with Gasteiger partial charge in [0.15, 0.2) is 5.60 Å². The second-order valence-electron chi connectivity index (χ2n) is 9.15. The summed E-state index contributed by atoms with van der Waals surface area (Å²) in [6.45, 7) is 7.41. The van der Waals surface area contributed by atoms with Crippen LogP contribution in [0.25, 0.3) is 11.3 Å². The zero-order valence-electron chi connectivity index (χ0n) is 20.7. The van der Waals surface area contributed by atoms with E-state index in [1.165, 1.54) is 26.0 Å². The predicted molar refractivity (Wildman–Crippen MR) is 132 cm³/mol. The van der Waals surface area contributed by atoms with E-state index >= 15 is 0 Å². The molecule has 0 aliphatic rings. The number of nitrogens with zero attached hydrogens (tertiary/aromatic N) is 2. The van der Waals surface area contributed by atoms with E-state index in [4.69, 9.17) is 16.3 Å². The van der Waals surface area contributed by atoms with Crippen LogP contribution in [0, 0.1) is 0 Å². The number of aromatic nitrogens is 2. The lowest BCUT2D eigenvalue weighted by atomic mass is 9.88. The van der Waals surface area contributed by atoms with Gasteiger partial charge in [-0.15, -0.1) is 0 Å². The van der Waals surface area contributed by atoms with Gasteiger partial charge in [-0.05, 0) is 70.1 Å². The molecule has 1 atom stereocenters. The largest absolute Gasteiger partial charge is 0.478 e. The summed E-state index contributed by atoms with van der Waals surface area (Å²) in [6.07, 6.45) is -3.62. The quantitative estimate of drug-likeness (QED) is 0.341. The van der Waals surface area contributed by atoms with Crippen LogP contribution in [0.2, 0.25) is 5.02 Å². The molecule has 1 aromatic heterocycles. The highest BCUT2D eigenvalue weighted by Gasteiger charge is 2.34. The number of benzene rings is 2. The van der Waals surface area contributed by atoms with Crippen molar-refractivity contribution in [3.8, 4) is 17.0 Å². The highest BCUT2D eigenvalue weighted by Crippen LogP contribution is 2.37.